The second-order valence-electron chi connectivity index (χ2n) is 6.52. The van der Waals surface area contributed by atoms with Gasteiger partial charge in [-0.05, 0) is 38.5 Å². The van der Waals surface area contributed by atoms with Crippen molar-refractivity contribution in [3.05, 3.63) is 0 Å². The highest BCUT2D eigenvalue weighted by Crippen LogP contribution is 2.48. The third-order valence-electron chi connectivity index (χ3n) is 4.68. The lowest BCUT2D eigenvalue weighted by Gasteiger charge is -2.26. The fourth-order valence-electron chi connectivity index (χ4n) is 2.84. The first-order valence-electron chi connectivity index (χ1n) is 9.18. The van der Waals surface area contributed by atoms with E-state index in [0.717, 1.165) is 78.1 Å². The number of nitrogens with one attached hydrogen (secondary N) is 2. The maximum atomic E-state index is 5.50. The van der Waals surface area contributed by atoms with Crippen LogP contribution in [-0.4, -0.2) is 76.6 Å². The molecule has 23 heavy (non-hydrogen) atoms. The lowest BCUT2D eigenvalue weighted by molar-refractivity contribution is 0.0389. The zero-order valence-corrected chi connectivity index (χ0v) is 14.9. The quantitative estimate of drug-likeness (QED) is 0.357. The van der Waals surface area contributed by atoms with Gasteiger partial charge >= 0.3 is 0 Å². The topological polar surface area (TPSA) is 58.1 Å². The fourth-order valence-corrected chi connectivity index (χ4v) is 2.84. The minimum Gasteiger partial charge on any atom is -0.382 e. The minimum absolute atomic E-state index is 0.404. The summed E-state index contributed by atoms with van der Waals surface area (Å²) in [4.78, 5) is 7.24. The van der Waals surface area contributed by atoms with Crippen molar-refractivity contribution in [3.63, 3.8) is 0 Å². The molecule has 1 heterocycles. The summed E-state index contributed by atoms with van der Waals surface area (Å²) in [5.41, 5.74) is 0.404. The Morgan fingerprint density at radius 3 is 2.65 bits per heavy atom. The number of ether oxygens (including phenoxy) is 2. The van der Waals surface area contributed by atoms with Crippen molar-refractivity contribution >= 4 is 5.96 Å². The molecule has 0 aromatic rings. The van der Waals surface area contributed by atoms with Gasteiger partial charge in [0.05, 0.1) is 13.2 Å². The third kappa shape index (κ3) is 7.06. The van der Waals surface area contributed by atoms with Gasteiger partial charge in [0, 0.05) is 52.5 Å². The van der Waals surface area contributed by atoms with Crippen LogP contribution in [0.3, 0.4) is 0 Å². The molecular weight excluding hydrogens is 292 g/mol. The summed E-state index contributed by atoms with van der Waals surface area (Å²) < 4.78 is 10.9. The maximum absolute atomic E-state index is 5.50. The number of aliphatic imine (C=N–C) groups is 1. The SMILES string of the molecule is CCNC(=NCC1(CCOCC)CC1)NCCN1CCOCC1. The summed E-state index contributed by atoms with van der Waals surface area (Å²) in [7, 11) is 0. The highest BCUT2D eigenvalue weighted by atomic mass is 16.5. The van der Waals surface area contributed by atoms with E-state index in [-0.39, 0.29) is 0 Å². The molecule has 0 aromatic carbocycles. The molecule has 0 bridgehead atoms. The van der Waals surface area contributed by atoms with E-state index < -0.39 is 0 Å². The first-order valence-corrected chi connectivity index (χ1v) is 9.18. The summed E-state index contributed by atoms with van der Waals surface area (Å²) in [5.74, 6) is 0.948. The summed E-state index contributed by atoms with van der Waals surface area (Å²) >= 11 is 0. The lowest BCUT2D eigenvalue weighted by Crippen LogP contribution is -2.44. The summed E-state index contributed by atoms with van der Waals surface area (Å²) in [6, 6.07) is 0. The van der Waals surface area contributed by atoms with Crippen molar-refractivity contribution in [3.8, 4) is 0 Å². The van der Waals surface area contributed by atoms with Crippen LogP contribution in [0.15, 0.2) is 4.99 Å². The Morgan fingerprint density at radius 2 is 2.00 bits per heavy atom. The molecule has 134 valence electrons. The van der Waals surface area contributed by atoms with E-state index >= 15 is 0 Å². The first-order chi connectivity index (χ1) is 11.3. The number of rotatable bonds is 10. The first kappa shape index (κ1) is 18.5. The largest absolute Gasteiger partial charge is 0.382 e. The standard InChI is InChI=1S/C17H34N4O2/c1-3-18-16(19-8-9-21-10-13-23-14-11-21)20-15-17(5-6-17)7-12-22-4-2/h3-15H2,1-2H3,(H2,18,19,20). The predicted molar refractivity (Wildman–Crippen MR) is 94.0 cm³/mol. The number of hydrogen-bond acceptors (Lipinski definition) is 4. The Bertz CT molecular complexity index is 353. The summed E-state index contributed by atoms with van der Waals surface area (Å²) in [5, 5.41) is 6.81. The summed E-state index contributed by atoms with van der Waals surface area (Å²) in [6.07, 6.45) is 3.71. The number of nitrogens with zero attached hydrogens (tertiary/aromatic N) is 2. The van der Waals surface area contributed by atoms with Crippen molar-refractivity contribution in [2.75, 3.05) is 65.7 Å². The predicted octanol–water partition coefficient (Wildman–Crippen LogP) is 1.08. The third-order valence-corrected chi connectivity index (χ3v) is 4.68. The van der Waals surface area contributed by atoms with Crippen LogP contribution in [-0.2, 0) is 9.47 Å². The van der Waals surface area contributed by atoms with E-state index in [9.17, 15) is 0 Å². The molecule has 0 amide bonds. The van der Waals surface area contributed by atoms with Crippen LogP contribution >= 0.6 is 0 Å². The Balaban J connectivity index is 1.69. The van der Waals surface area contributed by atoms with Gasteiger partial charge in [0.2, 0.25) is 0 Å². The Labute approximate surface area is 141 Å². The normalized spacial score (nSPS) is 21.2. The molecule has 1 aliphatic carbocycles. The molecule has 2 rings (SSSR count). The van der Waals surface area contributed by atoms with E-state index in [1.807, 2.05) is 0 Å². The maximum Gasteiger partial charge on any atom is 0.191 e. The Morgan fingerprint density at radius 1 is 1.22 bits per heavy atom. The van der Waals surface area contributed by atoms with Crippen LogP contribution < -0.4 is 10.6 Å². The molecule has 2 N–H and O–H groups in total. The van der Waals surface area contributed by atoms with Crippen molar-refractivity contribution < 1.29 is 9.47 Å². The highest BCUT2D eigenvalue weighted by Gasteiger charge is 2.41. The number of morpholine rings is 1. The fraction of sp³-hybridized carbons (Fsp3) is 0.941. The molecule has 1 aliphatic heterocycles. The van der Waals surface area contributed by atoms with Gasteiger partial charge in [-0.15, -0.1) is 0 Å². The van der Waals surface area contributed by atoms with Crippen molar-refractivity contribution in [1.29, 1.82) is 0 Å². The van der Waals surface area contributed by atoms with Gasteiger partial charge in [0.1, 0.15) is 0 Å². The molecular formula is C17H34N4O2. The van der Waals surface area contributed by atoms with Crippen LogP contribution in [0, 0.1) is 5.41 Å². The summed E-state index contributed by atoms with van der Waals surface area (Å²) in [6.45, 7) is 13.4. The molecule has 0 spiro atoms. The Hall–Kier alpha value is -0.850. The van der Waals surface area contributed by atoms with Gasteiger partial charge < -0.3 is 20.1 Å². The van der Waals surface area contributed by atoms with Crippen LogP contribution in [0.1, 0.15) is 33.1 Å². The number of hydrogen-bond donors (Lipinski definition) is 2. The van der Waals surface area contributed by atoms with Gasteiger partial charge in [-0.25, -0.2) is 0 Å². The van der Waals surface area contributed by atoms with Crippen LogP contribution in [0.25, 0.3) is 0 Å². The highest BCUT2D eigenvalue weighted by molar-refractivity contribution is 5.79. The zero-order valence-electron chi connectivity index (χ0n) is 14.9. The number of guanidine groups is 1. The van der Waals surface area contributed by atoms with Crippen LogP contribution in [0.2, 0.25) is 0 Å². The molecule has 0 atom stereocenters. The average molecular weight is 326 g/mol. The molecule has 0 radical (unpaired) electrons. The smallest absolute Gasteiger partial charge is 0.191 e. The van der Waals surface area contributed by atoms with Gasteiger partial charge in [-0.1, -0.05) is 0 Å². The van der Waals surface area contributed by atoms with Gasteiger partial charge in [0.25, 0.3) is 0 Å². The monoisotopic (exact) mass is 326 g/mol. The molecule has 0 aromatic heterocycles. The van der Waals surface area contributed by atoms with Crippen molar-refractivity contribution in [2.45, 2.75) is 33.1 Å². The van der Waals surface area contributed by atoms with Crippen LogP contribution in [0.5, 0.6) is 0 Å². The lowest BCUT2D eigenvalue weighted by atomic mass is 10.0. The van der Waals surface area contributed by atoms with Gasteiger partial charge in [0.15, 0.2) is 5.96 Å². The van der Waals surface area contributed by atoms with E-state index in [0.29, 0.717) is 5.41 Å². The molecule has 6 nitrogen and oxygen atoms in total. The zero-order chi connectivity index (χ0) is 16.4. The molecule has 1 saturated heterocycles. The van der Waals surface area contributed by atoms with Gasteiger partial charge in [-0.2, -0.15) is 0 Å². The average Bonchev–Trinajstić information content (AvgIpc) is 3.34. The second kappa shape index (κ2) is 10.1. The molecule has 2 aliphatic rings. The second-order valence-corrected chi connectivity index (χ2v) is 6.52. The minimum atomic E-state index is 0.404. The van der Waals surface area contributed by atoms with E-state index in [1.165, 1.54) is 12.8 Å². The molecule has 1 saturated carbocycles. The van der Waals surface area contributed by atoms with Crippen molar-refractivity contribution in [2.24, 2.45) is 10.4 Å². The van der Waals surface area contributed by atoms with E-state index in [1.54, 1.807) is 0 Å². The van der Waals surface area contributed by atoms with E-state index in [2.05, 4.69) is 29.4 Å². The molecule has 0 unspecified atom stereocenters. The van der Waals surface area contributed by atoms with Gasteiger partial charge in [-0.3, -0.25) is 9.89 Å². The Kier molecular flexibility index (Phi) is 8.12. The van der Waals surface area contributed by atoms with Crippen LogP contribution in [0.4, 0.5) is 0 Å². The molecule has 2 fully saturated rings. The molecule has 6 heteroatoms. The van der Waals surface area contributed by atoms with Crippen molar-refractivity contribution in [1.82, 2.24) is 15.5 Å². The van der Waals surface area contributed by atoms with E-state index in [4.69, 9.17) is 14.5 Å².